The van der Waals surface area contributed by atoms with Gasteiger partial charge < -0.3 is 14.5 Å². The van der Waals surface area contributed by atoms with Gasteiger partial charge in [0.2, 0.25) is 11.8 Å². The van der Waals surface area contributed by atoms with Crippen molar-refractivity contribution in [2.45, 2.75) is 45.6 Å². The first-order valence-corrected chi connectivity index (χ1v) is 9.66. The van der Waals surface area contributed by atoms with E-state index in [-0.39, 0.29) is 17.2 Å². The van der Waals surface area contributed by atoms with Crippen molar-refractivity contribution in [3.05, 3.63) is 17.0 Å². The average Bonchev–Trinajstić information content (AvgIpc) is 3.34. The van der Waals surface area contributed by atoms with E-state index in [4.69, 9.17) is 4.74 Å². The van der Waals surface area contributed by atoms with Gasteiger partial charge in [0.05, 0.1) is 18.9 Å². The lowest BCUT2D eigenvalue weighted by molar-refractivity contribution is -0.137. The Morgan fingerprint density at radius 1 is 1.15 bits per heavy atom. The van der Waals surface area contributed by atoms with Crippen LogP contribution in [-0.4, -0.2) is 64.2 Å². The summed E-state index contributed by atoms with van der Waals surface area (Å²) in [6, 6.07) is 0. The molecule has 2 fully saturated rings. The van der Waals surface area contributed by atoms with E-state index in [0.717, 1.165) is 37.1 Å². The molecule has 1 aromatic heterocycles. The molecule has 7 nitrogen and oxygen atoms in total. The molecule has 0 radical (unpaired) electrons. The Morgan fingerprint density at radius 2 is 1.88 bits per heavy atom. The summed E-state index contributed by atoms with van der Waals surface area (Å²) in [4.78, 5) is 29.0. The maximum atomic E-state index is 12.7. The number of morpholine rings is 1. The summed E-state index contributed by atoms with van der Waals surface area (Å²) in [5.41, 5.74) is 3.21. The van der Waals surface area contributed by atoms with Crippen molar-refractivity contribution >= 4 is 11.8 Å². The minimum absolute atomic E-state index is 0.133. The van der Waals surface area contributed by atoms with Gasteiger partial charge in [-0.1, -0.05) is 6.92 Å². The lowest BCUT2D eigenvalue weighted by Gasteiger charge is -2.30. The van der Waals surface area contributed by atoms with Crippen molar-refractivity contribution in [3.8, 4) is 0 Å². The van der Waals surface area contributed by atoms with E-state index in [2.05, 4.69) is 12.0 Å². The number of nitrogens with zero attached hydrogens (tertiary/aromatic N) is 4. The van der Waals surface area contributed by atoms with Crippen LogP contribution in [0.25, 0.3) is 0 Å². The summed E-state index contributed by atoms with van der Waals surface area (Å²) in [5, 5.41) is 4.66. The smallest absolute Gasteiger partial charge is 0.228 e. The number of aromatic nitrogens is 2. The monoisotopic (exact) mass is 360 g/mol. The molecule has 3 aliphatic rings. The van der Waals surface area contributed by atoms with Gasteiger partial charge >= 0.3 is 0 Å². The van der Waals surface area contributed by atoms with E-state index in [9.17, 15) is 9.59 Å². The molecule has 7 heteroatoms. The van der Waals surface area contributed by atoms with Crippen molar-refractivity contribution in [2.75, 3.05) is 32.8 Å². The highest BCUT2D eigenvalue weighted by atomic mass is 16.5. The highest BCUT2D eigenvalue weighted by molar-refractivity contribution is 5.85. The molecule has 0 spiro atoms. The highest BCUT2D eigenvalue weighted by Gasteiger charge is 2.47. The molecular weight excluding hydrogens is 332 g/mol. The molecule has 1 saturated heterocycles. The number of fused-ring (bicyclic) bond motifs is 1. The van der Waals surface area contributed by atoms with Crippen LogP contribution < -0.4 is 0 Å². The van der Waals surface area contributed by atoms with E-state index in [1.807, 2.05) is 21.5 Å². The zero-order valence-electron chi connectivity index (χ0n) is 15.8. The van der Waals surface area contributed by atoms with Gasteiger partial charge in [0.15, 0.2) is 0 Å². The molecule has 0 bridgehead atoms. The SMILES string of the molecule is Cn1nc(CCC(=O)N2CCOCC2)c2c1CCN(C(=O)C1(C)CC1)C2. The number of amides is 2. The van der Waals surface area contributed by atoms with Crippen LogP contribution in [0.15, 0.2) is 0 Å². The summed E-state index contributed by atoms with van der Waals surface area (Å²) in [6.45, 7) is 6.09. The Labute approximate surface area is 154 Å². The van der Waals surface area contributed by atoms with Gasteiger partial charge in [-0.3, -0.25) is 14.3 Å². The van der Waals surface area contributed by atoms with Crippen LogP contribution >= 0.6 is 0 Å². The third-order valence-electron chi connectivity index (χ3n) is 6.07. The van der Waals surface area contributed by atoms with Crippen LogP contribution in [-0.2, 0) is 40.8 Å². The fraction of sp³-hybridized carbons (Fsp3) is 0.737. The topological polar surface area (TPSA) is 67.7 Å². The fourth-order valence-corrected chi connectivity index (χ4v) is 4.02. The Balaban J connectivity index is 1.43. The molecule has 1 aliphatic carbocycles. The van der Waals surface area contributed by atoms with Crippen molar-refractivity contribution < 1.29 is 14.3 Å². The minimum atomic E-state index is -0.133. The predicted octanol–water partition coefficient (Wildman–Crippen LogP) is 0.896. The van der Waals surface area contributed by atoms with E-state index >= 15 is 0 Å². The molecule has 142 valence electrons. The van der Waals surface area contributed by atoms with Crippen molar-refractivity contribution in [1.82, 2.24) is 19.6 Å². The molecule has 0 aromatic carbocycles. The standard InChI is InChI=1S/C19H28N4O3/c1-19(6-7-19)18(25)23-8-5-16-14(13-23)15(20-21(16)2)3-4-17(24)22-9-11-26-12-10-22/h3-13H2,1-2H3. The van der Waals surface area contributed by atoms with Crippen LogP contribution in [0.5, 0.6) is 0 Å². The van der Waals surface area contributed by atoms with Gasteiger partial charge in [0.1, 0.15) is 0 Å². The third kappa shape index (κ3) is 3.24. The lowest BCUT2D eigenvalue weighted by atomic mass is 10.00. The van der Waals surface area contributed by atoms with E-state index in [1.165, 1.54) is 5.69 Å². The number of hydrogen-bond donors (Lipinski definition) is 0. The molecule has 2 aliphatic heterocycles. The Hall–Kier alpha value is -1.89. The minimum Gasteiger partial charge on any atom is -0.378 e. The largest absolute Gasteiger partial charge is 0.378 e. The van der Waals surface area contributed by atoms with Gasteiger partial charge in [-0.05, 0) is 12.8 Å². The number of carbonyl (C=O) groups excluding carboxylic acids is 2. The number of carbonyl (C=O) groups is 2. The number of aryl methyl sites for hydroxylation is 2. The Bertz CT molecular complexity index is 717. The number of rotatable bonds is 4. The average molecular weight is 360 g/mol. The summed E-state index contributed by atoms with van der Waals surface area (Å²) in [7, 11) is 1.96. The zero-order valence-corrected chi connectivity index (χ0v) is 15.8. The van der Waals surface area contributed by atoms with E-state index in [1.54, 1.807) is 0 Å². The maximum absolute atomic E-state index is 12.7. The van der Waals surface area contributed by atoms with Gasteiger partial charge in [0.25, 0.3) is 0 Å². The number of hydrogen-bond acceptors (Lipinski definition) is 4. The maximum Gasteiger partial charge on any atom is 0.228 e. The molecule has 1 aromatic rings. The van der Waals surface area contributed by atoms with E-state index < -0.39 is 0 Å². The lowest BCUT2D eigenvalue weighted by Crippen LogP contribution is -2.41. The van der Waals surface area contributed by atoms with Gasteiger partial charge in [0, 0.05) is 69.2 Å². The van der Waals surface area contributed by atoms with Crippen molar-refractivity contribution in [3.63, 3.8) is 0 Å². The Kier molecular flexibility index (Phi) is 4.50. The van der Waals surface area contributed by atoms with Crippen LogP contribution in [0.2, 0.25) is 0 Å². The summed E-state index contributed by atoms with van der Waals surface area (Å²) >= 11 is 0. The predicted molar refractivity (Wildman–Crippen MR) is 95.4 cm³/mol. The first-order valence-electron chi connectivity index (χ1n) is 9.66. The highest BCUT2D eigenvalue weighted by Crippen LogP contribution is 2.47. The van der Waals surface area contributed by atoms with Crippen molar-refractivity contribution in [1.29, 1.82) is 0 Å². The van der Waals surface area contributed by atoms with Crippen LogP contribution in [0, 0.1) is 5.41 Å². The molecule has 26 heavy (non-hydrogen) atoms. The van der Waals surface area contributed by atoms with Gasteiger partial charge in [-0.25, -0.2) is 0 Å². The molecule has 1 saturated carbocycles. The first-order chi connectivity index (χ1) is 12.5. The second-order valence-corrected chi connectivity index (χ2v) is 8.03. The molecule has 0 atom stereocenters. The molecule has 0 unspecified atom stereocenters. The summed E-state index contributed by atoms with van der Waals surface area (Å²) in [5.74, 6) is 0.448. The van der Waals surface area contributed by atoms with Gasteiger partial charge in [-0.2, -0.15) is 5.10 Å². The molecule has 2 amide bonds. The second kappa shape index (κ2) is 6.68. The molecule has 4 rings (SSSR count). The zero-order chi connectivity index (χ0) is 18.3. The van der Waals surface area contributed by atoms with Crippen LogP contribution in [0.1, 0.15) is 43.1 Å². The Morgan fingerprint density at radius 3 is 2.58 bits per heavy atom. The fourth-order valence-electron chi connectivity index (χ4n) is 4.02. The normalized spacial score (nSPS) is 21.5. The summed E-state index contributed by atoms with van der Waals surface area (Å²) < 4.78 is 7.25. The molecular formula is C19H28N4O3. The molecule has 3 heterocycles. The first kappa shape index (κ1) is 17.5. The third-order valence-corrected chi connectivity index (χ3v) is 6.07. The van der Waals surface area contributed by atoms with E-state index in [0.29, 0.717) is 45.7 Å². The molecule has 0 N–H and O–H groups in total. The quantitative estimate of drug-likeness (QED) is 0.800. The van der Waals surface area contributed by atoms with Crippen LogP contribution in [0.3, 0.4) is 0 Å². The van der Waals surface area contributed by atoms with Crippen molar-refractivity contribution in [2.24, 2.45) is 12.5 Å². The second-order valence-electron chi connectivity index (χ2n) is 8.03. The number of ether oxygens (including phenoxy) is 1. The van der Waals surface area contributed by atoms with Gasteiger partial charge in [-0.15, -0.1) is 0 Å². The summed E-state index contributed by atoms with van der Waals surface area (Å²) in [6.07, 6.45) is 3.96. The van der Waals surface area contributed by atoms with Crippen LogP contribution in [0.4, 0.5) is 0 Å².